The second kappa shape index (κ2) is 5.77. The van der Waals surface area contributed by atoms with Crippen LogP contribution in [0.25, 0.3) is 11.3 Å². The van der Waals surface area contributed by atoms with Crippen molar-refractivity contribution in [3.05, 3.63) is 60.4 Å². The lowest BCUT2D eigenvalue weighted by atomic mass is 10.1. The van der Waals surface area contributed by atoms with Gasteiger partial charge in [-0.3, -0.25) is 15.0 Å². The van der Waals surface area contributed by atoms with Crippen LogP contribution in [-0.2, 0) is 6.54 Å². The molecular formula is C17H18N4O. The molecule has 1 N–H and O–H groups in total. The maximum atomic E-state index is 5.96. The predicted molar refractivity (Wildman–Crippen MR) is 83.2 cm³/mol. The molecule has 0 aromatic carbocycles. The Labute approximate surface area is 129 Å². The van der Waals surface area contributed by atoms with Crippen LogP contribution in [-0.4, -0.2) is 33.2 Å². The van der Waals surface area contributed by atoms with Gasteiger partial charge >= 0.3 is 0 Å². The fraction of sp³-hybridized carbons (Fsp3) is 0.294. The Hall–Kier alpha value is -2.40. The van der Waals surface area contributed by atoms with Gasteiger partial charge in [0.25, 0.3) is 0 Å². The molecule has 0 bridgehead atoms. The van der Waals surface area contributed by atoms with Gasteiger partial charge in [-0.2, -0.15) is 5.10 Å². The molecule has 3 aromatic heterocycles. The van der Waals surface area contributed by atoms with Gasteiger partial charge in [-0.1, -0.05) is 0 Å². The zero-order valence-corrected chi connectivity index (χ0v) is 12.3. The monoisotopic (exact) mass is 294 g/mol. The van der Waals surface area contributed by atoms with Crippen molar-refractivity contribution >= 4 is 0 Å². The largest absolute Gasteiger partial charge is 0.460 e. The first-order valence-electron chi connectivity index (χ1n) is 7.59. The molecule has 0 radical (unpaired) electrons. The fourth-order valence-electron chi connectivity index (χ4n) is 3.07. The van der Waals surface area contributed by atoms with Crippen LogP contribution in [0.15, 0.2) is 53.3 Å². The third-order valence-corrected chi connectivity index (χ3v) is 4.22. The second-order valence-corrected chi connectivity index (χ2v) is 5.74. The van der Waals surface area contributed by atoms with Crippen LogP contribution in [0.4, 0.5) is 0 Å². The number of H-pyrrole nitrogens is 1. The van der Waals surface area contributed by atoms with Gasteiger partial charge in [0.05, 0.1) is 6.54 Å². The molecule has 22 heavy (non-hydrogen) atoms. The van der Waals surface area contributed by atoms with Gasteiger partial charge in [0.2, 0.25) is 0 Å². The number of hydrogen-bond donors (Lipinski definition) is 1. The lowest BCUT2D eigenvalue weighted by molar-refractivity contribution is 0.295. The number of nitrogens with zero attached hydrogens (tertiary/aromatic N) is 3. The van der Waals surface area contributed by atoms with Gasteiger partial charge in [0.1, 0.15) is 11.5 Å². The maximum absolute atomic E-state index is 5.96. The molecule has 1 unspecified atom stereocenters. The Morgan fingerprint density at radius 2 is 2.23 bits per heavy atom. The summed E-state index contributed by atoms with van der Waals surface area (Å²) < 4.78 is 5.96. The average Bonchev–Trinajstić information content (AvgIpc) is 3.30. The summed E-state index contributed by atoms with van der Waals surface area (Å²) in [5.41, 5.74) is 2.25. The van der Waals surface area contributed by atoms with E-state index in [-0.39, 0.29) is 0 Å². The molecule has 0 saturated carbocycles. The highest BCUT2D eigenvalue weighted by Gasteiger charge is 2.25. The Morgan fingerprint density at radius 3 is 3.05 bits per heavy atom. The third-order valence-electron chi connectivity index (χ3n) is 4.22. The summed E-state index contributed by atoms with van der Waals surface area (Å²) in [5, 5.41) is 7.13. The molecule has 4 heterocycles. The summed E-state index contributed by atoms with van der Waals surface area (Å²) in [7, 11) is 0. The summed E-state index contributed by atoms with van der Waals surface area (Å²) >= 11 is 0. The smallest absolute Gasteiger partial charge is 0.135 e. The van der Waals surface area contributed by atoms with E-state index in [4.69, 9.17) is 4.42 Å². The molecule has 0 aliphatic carbocycles. The van der Waals surface area contributed by atoms with Crippen molar-refractivity contribution in [2.24, 2.45) is 0 Å². The standard InChI is InChI=1S/C17H18N4O/c1-2-13(10-18-7-1)17-4-3-15(22-17)12-21-9-6-14(11-21)16-5-8-19-20-16/h1-5,7-8,10,14H,6,9,11-12H2,(H,19,20). The number of nitrogens with one attached hydrogen (secondary N) is 1. The molecule has 0 amide bonds. The number of furan rings is 1. The molecule has 5 heteroatoms. The molecule has 0 spiro atoms. The number of hydrogen-bond acceptors (Lipinski definition) is 4. The first kappa shape index (κ1) is 13.3. The van der Waals surface area contributed by atoms with Crippen LogP contribution < -0.4 is 0 Å². The van der Waals surface area contributed by atoms with Crippen LogP contribution in [0.2, 0.25) is 0 Å². The van der Waals surface area contributed by atoms with Crippen LogP contribution in [0, 0.1) is 0 Å². The topological polar surface area (TPSA) is 58.0 Å². The second-order valence-electron chi connectivity index (χ2n) is 5.74. The van der Waals surface area contributed by atoms with Gasteiger partial charge in [0, 0.05) is 42.3 Å². The van der Waals surface area contributed by atoms with Crippen molar-refractivity contribution in [1.82, 2.24) is 20.1 Å². The maximum Gasteiger partial charge on any atom is 0.135 e. The van der Waals surface area contributed by atoms with Crippen molar-refractivity contribution in [1.29, 1.82) is 0 Å². The van der Waals surface area contributed by atoms with E-state index in [0.29, 0.717) is 5.92 Å². The normalized spacial score (nSPS) is 18.8. The molecule has 1 aliphatic heterocycles. The number of pyridine rings is 1. The highest BCUT2D eigenvalue weighted by Crippen LogP contribution is 2.28. The minimum Gasteiger partial charge on any atom is -0.460 e. The minimum absolute atomic E-state index is 0.551. The average molecular weight is 294 g/mol. The molecule has 1 fully saturated rings. The minimum atomic E-state index is 0.551. The number of aromatic amines is 1. The first-order valence-corrected chi connectivity index (χ1v) is 7.59. The predicted octanol–water partition coefficient (Wildman–Crippen LogP) is 3.05. The van der Waals surface area contributed by atoms with Gasteiger partial charge in [-0.05, 0) is 43.3 Å². The molecule has 3 aromatic rings. The van der Waals surface area contributed by atoms with E-state index in [0.717, 1.165) is 36.7 Å². The van der Waals surface area contributed by atoms with Crippen molar-refractivity contribution in [3.8, 4) is 11.3 Å². The molecule has 1 aliphatic rings. The van der Waals surface area contributed by atoms with Crippen LogP contribution >= 0.6 is 0 Å². The third kappa shape index (κ3) is 2.67. The van der Waals surface area contributed by atoms with E-state index in [1.807, 2.05) is 30.6 Å². The zero-order chi connectivity index (χ0) is 14.8. The van der Waals surface area contributed by atoms with Crippen LogP contribution in [0.1, 0.15) is 23.8 Å². The van der Waals surface area contributed by atoms with Crippen molar-refractivity contribution < 1.29 is 4.42 Å². The van der Waals surface area contributed by atoms with E-state index in [1.54, 1.807) is 6.20 Å². The molecule has 1 saturated heterocycles. The highest BCUT2D eigenvalue weighted by molar-refractivity contribution is 5.55. The summed E-state index contributed by atoms with van der Waals surface area (Å²) in [6.07, 6.45) is 6.59. The van der Waals surface area contributed by atoms with Crippen molar-refractivity contribution in [2.75, 3.05) is 13.1 Å². The lowest BCUT2D eigenvalue weighted by Crippen LogP contribution is -2.19. The number of rotatable bonds is 4. The Balaban J connectivity index is 1.41. The van der Waals surface area contributed by atoms with Gasteiger partial charge in [0.15, 0.2) is 0 Å². The summed E-state index contributed by atoms with van der Waals surface area (Å²) in [6.45, 7) is 2.99. The molecule has 4 rings (SSSR count). The Kier molecular flexibility index (Phi) is 3.48. The van der Waals surface area contributed by atoms with Crippen molar-refractivity contribution in [3.63, 3.8) is 0 Å². The fourth-order valence-corrected chi connectivity index (χ4v) is 3.07. The SMILES string of the molecule is c1cncc(-c2ccc(CN3CCC(c4ccn[nH]4)C3)o2)c1. The Bertz CT molecular complexity index is 720. The van der Waals surface area contributed by atoms with E-state index >= 15 is 0 Å². The van der Waals surface area contributed by atoms with Gasteiger partial charge in [-0.25, -0.2) is 0 Å². The van der Waals surface area contributed by atoms with Crippen LogP contribution in [0.5, 0.6) is 0 Å². The zero-order valence-electron chi connectivity index (χ0n) is 12.3. The van der Waals surface area contributed by atoms with E-state index in [1.165, 1.54) is 12.1 Å². The lowest BCUT2D eigenvalue weighted by Gasteiger charge is -2.13. The van der Waals surface area contributed by atoms with E-state index in [9.17, 15) is 0 Å². The summed E-state index contributed by atoms with van der Waals surface area (Å²) in [5.74, 6) is 2.44. The highest BCUT2D eigenvalue weighted by atomic mass is 16.3. The van der Waals surface area contributed by atoms with Gasteiger partial charge in [-0.15, -0.1) is 0 Å². The molecule has 1 atom stereocenters. The van der Waals surface area contributed by atoms with E-state index in [2.05, 4.69) is 32.2 Å². The molecular weight excluding hydrogens is 276 g/mol. The Morgan fingerprint density at radius 1 is 1.23 bits per heavy atom. The van der Waals surface area contributed by atoms with Crippen molar-refractivity contribution in [2.45, 2.75) is 18.9 Å². The quantitative estimate of drug-likeness (QED) is 0.803. The van der Waals surface area contributed by atoms with Gasteiger partial charge < -0.3 is 4.42 Å². The summed E-state index contributed by atoms with van der Waals surface area (Å²) in [6, 6.07) is 10.1. The summed E-state index contributed by atoms with van der Waals surface area (Å²) in [4.78, 5) is 6.56. The first-order chi connectivity index (χ1) is 10.9. The molecule has 5 nitrogen and oxygen atoms in total. The number of aromatic nitrogens is 3. The number of likely N-dealkylation sites (tertiary alicyclic amines) is 1. The van der Waals surface area contributed by atoms with Crippen LogP contribution in [0.3, 0.4) is 0 Å². The van der Waals surface area contributed by atoms with E-state index < -0.39 is 0 Å². The molecule has 112 valence electrons.